The van der Waals surface area contributed by atoms with Gasteiger partial charge < -0.3 is 35.8 Å². The van der Waals surface area contributed by atoms with Crippen molar-refractivity contribution in [2.75, 3.05) is 24.1 Å². The zero-order valence-corrected chi connectivity index (χ0v) is 18.3. The van der Waals surface area contributed by atoms with Crippen molar-refractivity contribution in [3.05, 3.63) is 35.3 Å². The van der Waals surface area contributed by atoms with Gasteiger partial charge in [-0.15, -0.1) is 20.1 Å². The maximum absolute atomic E-state index is 13.3. The Morgan fingerprint density at radius 2 is 2.06 bits per heavy atom. The fourth-order valence-electron chi connectivity index (χ4n) is 4.02. The Morgan fingerprint density at radius 3 is 2.85 bits per heavy atom. The number of nitrogen functional groups attached to an aromatic ring is 1. The molecule has 1 unspecified atom stereocenters. The van der Waals surface area contributed by atoms with Gasteiger partial charge in [0.15, 0.2) is 11.5 Å². The summed E-state index contributed by atoms with van der Waals surface area (Å²) in [4.78, 5) is 30.5. The first-order chi connectivity index (χ1) is 16.2. The number of carbonyl (C=O) groups excluding carboxylic acids is 1. The summed E-state index contributed by atoms with van der Waals surface area (Å²) in [6.45, 7) is 0.642. The van der Waals surface area contributed by atoms with E-state index >= 15 is 0 Å². The van der Waals surface area contributed by atoms with E-state index in [4.69, 9.17) is 5.73 Å². The molecule has 5 rings (SSSR count). The van der Waals surface area contributed by atoms with Gasteiger partial charge in [-0.2, -0.15) is 0 Å². The molecule has 4 heterocycles. The van der Waals surface area contributed by atoms with Gasteiger partial charge >= 0.3 is 12.4 Å². The van der Waals surface area contributed by atoms with Gasteiger partial charge in [-0.05, 0) is 31.0 Å². The minimum Gasteiger partial charge on any atom is -0.465 e. The van der Waals surface area contributed by atoms with Crippen LogP contribution in [0.4, 0.5) is 30.6 Å². The third-order valence-electron chi connectivity index (χ3n) is 5.54. The summed E-state index contributed by atoms with van der Waals surface area (Å²) in [5.74, 6) is -0.593. The van der Waals surface area contributed by atoms with Gasteiger partial charge in [-0.1, -0.05) is 0 Å². The third-order valence-corrected chi connectivity index (χ3v) is 6.65. The number of rotatable bonds is 4. The standard InChI is InChI=1S/C21H19F2N5O5S/c22-21(23)32-13-4-3-10(8-14(13)33-21)26-12-5-6-25-19-15(12)16(24)17(34-19)18(29)27-11-2-1-7-28(9-11)20(30)31/h3-6,8,11H,1-2,7,9,24H2,(H,25,26)(H,27,29)(H,30,31). The minimum atomic E-state index is -3.72. The van der Waals surface area contributed by atoms with Crippen molar-refractivity contribution in [2.45, 2.75) is 25.2 Å². The van der Waals surface area contributed by atoms with Crippen LogP contribution in [0.15, 0.2) is 30.5 Å². The smallest absolute Gasteiger partial charge is 0.465 e. The lowest BCUT2D eigenvalue weighted by molar-refractivity contribution is -0.286. The quantitative estimate of drug-likeness (QED) is 0.432. The third kappa shape index (κ3) is 4.09. The largest absolute Gasteiger partial charge is 0.586 e. The van der Waals surface area contributed by atoms with Gasteiger partial charge in [0.1, 0.15) is 9.71 Å². The number of fused-ring (bicyclic) bond motifs is 2. The van der Waals surface area contributed by atoms with Gasteiger partial charge in [0.25, 0.3) is 5.91 Å². The van der Waals surface area contributed by atoms with E-state index in [0.717, 1.165) is 11.3 Å². The number of nitrogens with one attached hydrogen (secondary N) is 2. The van der Waals surface area contributed by atoms with Crippen LogP contribution in [0.5, 0.6) is 11.5 Å². The molecule has 2 amide bonds. The summed E-state index contributed by atoms with van der Waals surface area (Å²) in [7, 11) is 0. The van der Waals surface area contributed by atoms with Crippen molar-refractivity contribution in [1.29, 1.82) is 0 Å². The number of amides is 2. The monoisotopic (exact) mass is 491 g/mol. The molecule has 1 atom stereocenters. The Morgan fingerprint density at radius 1 is 1.26 bits per heavy atom. The second-order valence-electron chi connectivity index (χ2n) is 7.88. The fraction of sp³-hybridized carbons (Fsp3) is 0.286. The van der Waals surface area contributed by atoms with E-state index in [2.05, 4.69) is 25.1 Å². The van der Waals surface area contributed by atoms with Gasteiger partial charge in [-0.3, -0.25) is 4.79 Å². The molecule has 10 nitrogen and oxygen atoms in total. The van der Waals surface area contributed by atoms with E-state index in [9.17, 15) is 23.5 Å². The van der Waals surface area contributed by atoms with E-state index in [1.165, 1.54) is 23.2 Å². The highest BCUT2D eigenvalue weighted by molar-refractivity contribution is 7.21. The molecule has 0 aliphatic carbocycles. The summed E-state index contributed by atoms with van der Waals surface area (Å²) >= 11 is 1.11. The summed E-state index contributed by atoms with van der Waals surface area (Å²) in [5, 5.41) is 15.7. The molecule has 1 aromatic carbocycles. The van der Waals surface area contributed by atoms with Crippen LogP contribution in [-0.2, 0) is 0 Å². The zero-order valence-electron chi connectivity index (χ0n) is 17.5. The number of benzene rings is 1. The highest BCUT2D eigenvalue weighted by Gasteiger charge is 2.43. The molecule has 178 valence electrons. The lowest BCUT2D eigenvalue weighted by Gasteiger charge is -2.31. The van der Waals surface area contributed by atoms with Crippen LogP contribution in [0.3, 0.4) is 0 Å². The number of anilines is 3. The van der Waals surface area contributed by atoms with Gasteiger partial charge in [-0.25, -0.2) is 9.78 Å². The highest BCUT2D eigenvalue weighted by Crippen LogP contribution is 2.44. The molecule has 34 heavy (non-hydrogen) atoms. The van der Waals surface area contributed by atoms with Crippen LogP contribution in [0.2, 0.25) is 0 Å². The van der Waals surface area contributed by atoms with Gasteiger partial charge in [0.05, 0.1) is 16.8 Å². The lowest BCUT2D eigenvalue weighted by Crippen LogP contribution is -2.49. The van der Waals surface area contributed by atoms with Crippen molar-refractivity contribution >= 4 is 50.6 Å². The number of carboxylic acid groups (broad SMARTS) is 1. The first kappa shape index (κ1) is 21.9. The van der Waals surface area contributed by atoms with Gasteiger partial charge in [0.2, 0.25) is 0 Å². The van der Waals surface area contributed by atoms with E-state index in [0.29, 0.717) is 41.0 Å². The molecular weight excluding hydrogens is 472 g/mol. The van der Waals surface area contributed by atoms with Crippen molar-refractivity contribution in [2.24, 2.45) is 0 Å². The average molecular weight is 491 g/mol. The summed E-state index contributed by atoms with van der Waals surface area (Å²) < 4.78 is 35.5. The average Bonchev–Trinajstić information content (AvgIpc) is 3.29. The second-order valence-corrected chi connectivity index (χ2v) is 8.88. The molecule has 0 radical (unpaired) electrons. The number of piperidine rings is 1. The molecule has 13 heteroatoms. The Labute approximate surface area is 195 Å². The molecule has 1 fully saturated rings. The van der Waals surface area contributed by atoms with Crippen LogP contribution >= 0.6 is 11.3 Å². The Hall–Kier alpha value is -3.87. The molecule has 2 aromatic heterocycles. The summed E-state index contributed by atoms with van der Waals surface area (Å²) in [5.41, 5.74) is 7.51. The van der Waals surface area contributed by atoms with E-state index < -0.39 is 18.3 Å². The number of nitrogens with zero attached hydrogens (tertiary/aromatic N) is 2. The summed E-state index contributed by atoms with van der Waals surface area (Å²) in [6.07, 6.45) is -1.89. The van der Waals surface area contributed by atoms with Crippen molar-refractivity contribution in [3.63, 3.8) is 0 Å². The summed E-state index contributed by atoms with van der Waals surface area (Å²) in [6, 6.07) is 5.61. The first-order valence-corrected chi connectivity index (χ1v) is 11.1. The Kier molecular flexibility index (Phi) is 5.27. The van der Waals surface area contributed by atoms with Crippen molar-refractivity contribution in [1.82, 2.24) is 15.2 Å². The van der Waals surface area contributed by atoms with Crippen LogP contribution in [0.1, 0.15) is 22.5 Å². The Balaban J connectivity index is 1.38. The number of hydrogen-bond donors (Lipinski definition) is 4. The molecule has 2 aliphatic rings. The first-order valence-electron chi connectivity index (χ1n) is 10.3. The molecule has 0 bridgehead atoms. The number of aromatic nitrogens is 1. The van der Waals surface area contributed by atoms with Crippen LogP contribution in [0, 0.1) is 0 Å². The molecule has 0 saturated carbocycles. The van der Waals surface area contributed by atoms with Crippen LogP contribution in [-0.4, -0.2) is 52.4 Å². The zero-order chi connectivity index (χ0) is 24.0. The molecule has 2 aliphatic heterocycles. The highest BCUT2D eigenvalue weighted by atomic mass is 32.1. The predicted octanol–water partition coefficient (Wildman–Crippen LogP) is 3.82. The number of likely N-dealkylation sites (tertiary alicyclic amines) is 1. The number of alkyl halides is 2. The molecular formula is C21H19F2N5O5S. The fourth-order valence-corrected chi connectivity index (χ4v) is 5.01. The van der Waals surface area contributed by atoms with Crippen LogP contribution in [0.25, 0.3) is 10.2 Å². The Bertz CT molecular complexity index is 1300. The minimum absolute atomic E-state index is 0.0754. The van der Waals surface area contributed by atoms with E-state index in [-0.39, 0.29) is 34.7 Å². The van der Waals surface area contributed by atoms with E-state index in [1.54, 1.807) is 12.1 Å². The number of nitrogens with two attached hydrogens (primary N) is 1. The number of carbonyl (C=O) groups is 2. The predicted molar refractivity (Wildman–Crippen MR) is 120 cm³/mol. The molecule has 0 spiro atoms. The van der Waals surface area contributed by atoms with E-state index in [1.807, 2.05) is 0 Å². The SMILES string of the molecule is Nc1c(C(=O)NC2CCCN(C(=O)O)C2)sc2nccc(Nc3ccc4c(c3)OC(F)(F)O4)c12. The number of halogens is 2. The van der Waals surface area contributed by atoms with Crippen molar-refractivity contribution in [3.8, 4) is 11.5 Å². The maximum atomic E-state index is 13.3. The number of pyridine rings is 1. The molecule has 3 aromatic rings. The van der Waals surface area contributed by atoms with Crippen molar-refractivity contribution < 1.29 is 33.0 Å². The molecule has 5 N–H and O–H groups in total. The van der Waals surface area contributed by atoms with Gasteiger partial charge in [0, 0.05) is 37.1 Å². The lowest BCUT2D eigenvalue weighted by atomic mass is 10.1. The number of hydrogen-bond acceptors (Lipinski definition) is 8. The number of ether oxygens (including phenoxy) is 2. The normalized spacial score (nSPS) is 18.6. The molecule has 1 saturated heterocycles. The van der Waals surface area contributed by atoms with Crippen LogP contribution < -0.4 is 25.8 Å². The second kappa shape index (κ2) is 8.17. The topological polar surface area (TPSA) is 139 Å². The number of thiophene rings is 1. The maximum Gasteiger partial charge on any atom is 0.586 e.